The Bertz CT molecular complexity index is 605. The molecule has 0 atom stereocenters. The lowest BCUT2D eigenvalue weighted by molar-refractivity contribution is 0.0696. The molecule has 2 rings (SSSR count). The normalized spacial score (nSPS) is 17.2. The second-order valence-corrected chi connectivity index (χ2v) is 6.59. The van der Waals surface area contributed by atoms with Crippen molar-refractivity contribution >= 4 is 16.0 Å². The molecule has 1 aromatic carbocycles. The van der Waals surface area contributed by atoms with Crippen LogP contribution < -0.4 is 0 Å². The van der Waals surface area contributed by atoms with E-state index in [4.69, 9.17) is 10.2 Å². The van der Waals surface area contributed by atoms with Gasteiger partial charge in [0, 0.05) is 25.6 Å². The zero-order chi connectivity index (χ0) is 14.2. The zero-order valence-electron chi connectivity index (χ0n) is 10.4. The van der Waals surface area contributed by atoms with Gasteiger partial charge >= 0.3 is 5.97 Å². The Morgan fingerprint density at radius 1 is 1.42 bits per heavy atom. The summed E-state index contributed by atoms with van der Waals surface area (Å²) in [7, 11) is -3.66. The summed E-state index contributed by atoms with van der Waals surface area (Å²) in [4.78, 5) is 11.0. The van der Waals surface area contributed by atoms with Crippen LogP contribution in [0.2, 0.25) is 0 Å². The molecule has 1 heterocycles. The first-order valence-electron chi connectivity index (χ1n) is 5.81. The number of carbonyl (C=O) groups is 1. The van der Waals surface area contributed by atoms with Crippen molar-refractivity contribution in [1.29, 1.82) is 0 Å². The van der Waals surface area contributed by atoms with Crippen molar-refractivity contribution in [3.05, 3.63) is 29.3 Å². The minimum Gasteiger partial charge on any atom is -0.478 e. The zero-order valence-corrected chi connectivity index (χ0v) is 11.2. The van der Waals surface area contributed by atoms with E-state index < -0.39 is 16.0 Å². The fourth-order valence-electron chi connectivity index (χ4n) is 1.98. The third kappa shape index (κ3) is 2.49. The number of hydrogen-bond acceptors (Lipinski definition) is 4. The number of aryl methyl sites for hydroxylation is 1. The second kappa shape index (κ2) is 4.92. The Morgan fingerprint density at radius 3 is 2.58 bits per heavy atom. The Morgan fingerprint density at radius 2 is 2.05 bits per heavy atom. The van der Waals surface area contributed by atoms with Gasteiger partial charge < -0.3 is 10.2 Å². The molecule has 1 aliphatic heterocycles. The number of benzene rings is 1. The first-order valence-corrected chi connectivity index (χ1v) is 7.25. The smallest absolute Gasteiger partial charge is 0.335 e. The summed E-state index contributed by atoms with van der Waals surface area (Å²) in [5, 5.41) is 17.9. The van der Waals surface area contributed by atoms with E-state index in [0.717, 1.165) is 0 Å². The highest BCUT2D eigenvalue weighted by Crippen LogP contribution is 2.26. The lowest BCUT2D eigenvalue weighted by atomic mass is 10.1. The van der Waals surface area contributed by atoms with Gasteiger partial charge in [0.15, 0.2) is 0 Å². The highest BCUT2D eigenvalue weighted by atomic mass is 32.2. The number of aromatic carboxylic acids is 1. The number of sulfonamides is 1. The van der Waals surface area contributed by atoms with Crippen molar-refractivity contribution in [3.8, 4) is 0 Å². The topological polar surface area (TPSA) is 94.9 Å². The SMILES string of the molecule is Cc1ccc(S(=O)(=O)N2CC(CO)C2)cc1C(=O)O. The fraction of sp³-hybridized carbons (Fsp3) is 0.417. The number of nitrogens with zero attached hydrogens (tertiary/aromatic N) is 1. The molecule has 0 bridgehead atoms. The molecule has 0 spiro atoms. The summed E-state index contributed by atoms with van der Waals surface area (Å²) in [6.45, 7) is 2.12. The molecule has 19 heavy (non-hydrogen) atoms. The minimum absolute atomic E-state index is 0.0136. The maximum Gasteiger partial charge on any atom is 0.335 e. The molecule has 0 amide bonds. The second-order valence-electron chi connectivity index (χ2n) is 4.65. The van der Waals surface area contributed by atoms with Crippen molar-refractivity contribution in [1.82, 2.24) is 4.31 Å². The third-order valence-corrected chi connectivity index (χ3v) is 5.09. The molecule has 2 N–H and O–H groups in total. The third-order valence-electron chi connectivity index (χ3n) is 3.26. The van der Waals surface area contributed by atoms with E-state index in [1.165, 1.54) is 22.5 Å². The van der Waals surface area contributed by atoms with Crippen LogP contribution in [-0.4, -0.2) is 48.6 Å². The summed E-state index contributed by atoms with van der Waals surface area (Å²) in [6, 6.07) is 4.07. The number of rotatable bonds is 4. The van der Waals surface area contributed by atoms with Crippen molar-refractivity contribution < 1.29 is 23.4 Å². The van der Waals surface area contributed by atoms with Crippen molar-refractivity contribution in [2.75, 3.05) is 19.7 Å². The number of aliphatic hydroxyl groups excluding tert-OH is 1. The summed E-state index contributed by atoms with van der Waals surface area (Å²) in [5.74, 6) is -1.18. The molecule has 104 valence electrons. The summed E-state index contributed by atoms with van der Waals surface area (Å²) in [6.07, 6.45) is 0. The van der Waals surface area contributed by atoms with Crippen LogP contribution in [0.3, 0.4) is 0 Å². The van der Waals surface area contributed by atoms with E-state index in [1.54, 1.807) is 6.92 Å². The van der Waals surface area contributed by atoms with Gasteiger partial charge in [-0.2, -0.15) is 4.31 Å². The molecule has 6 nitrogen and oxygen atoms in total. The summed E-state index contributed by atoms with van der Waals surface area (Å²) in [5.41, 5.74) is 0.503. The van der Waals surface area contributed by atoms with Gasteiger partial charge in [0.05, 0.1) is 10.5 Å². The maximum absolute atomic E-state index is 12.2. The Labute approximate surface area is 111 Å². The van der Waals surface area contributed by atoms with E-state index in [-0.39, 0.29) is 36.1 Å². The fourth-order valence-corrected chi connectivity index (χ4v) is 3.59. The van der Waals surface area contributed by atoms with E-state index >= 15 is 0 Å². The van der Waals surface area contributed by atoms with Crippen molar-refractivity contribution in [3.63, 3.8) is 0 Å². The molecular formula is C12H15NO5S. The van der Waals surface area contributed by atoms with Gasteiger partial charge in [-0.1, -0.05) is 6.07 Å². The van der Waals surface area contributed by atoms with Crippen LogP contribution in [0.5, 0.6) is 0 Å². The number of aliphatic hydroxyl groups is 1. The van der Waals surface area contributed by atoms with Gasteiger partial charge in [0.25, 0.3) is 0 Å². The van der Waals surface area contributed by atoms with E-state index in [0.29, 0.717) is 5.56 Å². The average Bonchev–Trinajstić information content (AvgIpc) is 2.27. The molecule has 0 aromatic heterocycles. The number of hydrogen-bond donors (Lipinski definition) is 2. The molecule has 0 aliphatic carbocycles. The quantitative estimate of drug-likeness (QED) is 0.830. The molecule has 1 aliphatic rings. The van der Waals surface area contributed by atoms with Gasteiger partial charge in [0.1, 0.15) is 0 Å². The maximum atomic E-state index is 12.2. The molecule has 1 fully saturated rings. The summed E-state index contributed by atoms with van der Waals surface area (Å²) >= 11 is 0. The van der Waals surface area contributed by atoms with E-state index in [2.05, 4.69) is 0 Å². The highest BCUT2D eigenvalue weighted by Gasteiger charge is 2.36. The predicted octanol–water partition coefficient (Wildman–Crippen LogP) is 0.306. The van der Waals surface area contributed by atoms with Crippen LogP contribution in [0.1, 0.15) is 15.9 Å². The van der Waals surface area contributed by atoms with Crippen LogP contribution in [0, 0.1) is 12.8 Å². The molecule has 7 heteroatoms. The highest BCUT2D eigenvalue weighted by molar-refractivity contribution is 7.89. The standard InChI is InChI=1S/C12H15NO5S/c1-8-2-3-10(4-11(8)12(15)16)19(17,18)13-5-9(6-13)7-14/h2-4,9,14H,5-7H2,1H3,(H,15,16). The first-order chi connectivity index (χ1) is 8.86. The lowest BCUT2D eigenvalue weighted by Crippen LogP contribution is -2.51. The number of carboxylic acids is 1. The van der Waals surface area contributed by atoms with Gasteiger partial charge in [0.2, 0.25) is 10.0 Å². The van der Waals surface area contributed by atoms with Gasteiger partial charge in [-0.15, -0.1) is 0 Å². The Balaban J connectivity index is 2.32. The van der Waals surface area contributed by atoms with Gasteiger partial charge in [-0.25, -0.2) is 13.2 Å². The minimum atomic E-state index is -3.66. The lowest BCUT2D eigenvalue weighted by Gasteiger charge is -2.36. The Hall–Kier alpha value is -1.44. The molecule has 1 saturated heterocycles. The van der Waals surface area contributed by atoms with Gasteiger partial charge in [-0.3, -0.25) is 0 Å². The van der Waals surface area contributed by atoms with Crippen LogP contribution >= 0.6 is 0 Å². The van der Waals surface area contributed by atoms with Crippen LogP contribution in [0.4, 0.5) is 0 Å². The van der Waals surface area contributed by atoms with Crippen molar-refractivity contribution in [2.24, 2.45) is 5.92 Å². The predicted molar refractivity (Wildman–Crippen MR) is 67.5 cm³/mol. The molecular weight excluding hydrogens is 270 g/mol. The number of carboxylic acid groups (broad SMARTS) is 1. The van der Waals surface area contributed by atoms with Crippen molar-refractivity contribution in [2.45, 2.75) is 11.8 Å². The molecule has 1 aromatic rings. The van der Waals surface area contributed by atoms with Crippen LogP contribution in [0.25, 0.3) is 0 Å². The Kier molecular flexibility index (Phi) is 3.62. The average molecular weight is 285 g/mol. The first kappa shape index (κ1) is 14.0. The van der Waals surface area contributed by atoms with E-state index in [9.17, 15) is 13.2 Å². The molecule has 0 saturated carbocycles. The van der Waals surface area contributed by atoms with Crippen LogP contribution in [0.15, 0.2) is 23.1 Å². The molecule has 0 unspecified atom stereocenters. The molecule has 0 radical (unpaired) electrons. The summed E-state index contributed by atoms with van der Waals surface area (Å²) < 4.78 is 25.7. The van der Waals surface area contributed by atoms with Gasteiger partial charge in [-0.05, 0) is 24.6 Å². The van der Waals surface area contributed by atoms with Crippen LogP contribution in [-0.2, 0) is 10.0 Å². The largest absolute Gasteiger partial charge is 0.478 e. The van der Waals surface area contributed by atoms with E-state index in [1.807, 2.05) is 0 Å². The monoisotopic (exact) mass is 285 g/mol.